The molecule has 0 aliphatic heterocycles. The van der Waals surface area contributed by atoms with E-state index in [0.717, 1.165) is 24.3 Å². The molecule has 4 N–H and O–H groups in total. The number of aromatic amines is 1. The molecule has 0 aromatic carbocycles. The fourth-order valence-corrected chi connectivity index (χ4v) is 3.20. The number of H-pyrrole nitrogens is 1. The zero-order chi connectivity index (χ0) is 10.3. The van der Waals surface area contributed by atoms with Crippen molar-refractivity contribution in [3.63, 3.8) is 0 Å². The van der Waals surface area contributed by atoms with Gasteiger partial charge in [0, 0.05) is 6.54 Å². The number of hydrogen-bond acceptors (Lipinski definition) is 4. The quantitative estimate of drug-likeness (QED) is 0.696. The molecule has 0 spiro atoms. The van der Waals surface area contributed by atoms with E-state index in [1.165, 1.54) is 25.7 Å². The standard InChI is InChI=1S/C10H17N5/c11-9-13-10(15-14-9)12-5-8-4-6-1-2-7(8)3-6/h6-8H,1-5H2,(H4,11,12,13,14,15). The van der Waals surface area contributed by atoms with Gasteiger partial charge in [0.2, 0.25) is 11.9 Å². The maximum atomic E-state index is 5.45. The third-order valence-corrected chi connectivity index (χ3v) is 3.91. The zero-order valence-electron chi connectivity index (χ0n) is 8.74. The summed E-state index contributed by atoms with van der Waals surface area (Å²) in [7, 11) is 0. The first-order valence-corrected chi connectivity index (χ1v) is 5.73. The average Bonchev–Trinajstić information content (AvgIpc) is 2.90. The lowest BCUT2D eigenvalue weighted by molar-refractivity contribution is 0.348. The van der Waals surface area contributed by atoms with Gasteiger partial charge >= 0.3 is 0 Å². The number of nitrogen functional groups attached to an aromatic ring is 1. The normalized spacial score (nSPS) is 33.5. The molecule has 82 valence electrons. The lowest BCUT2D eigenvalue weighted by atomic mass is 9.89. The summed E-state index contributed by atoms with van der Waals surface area (Å²) in [4.78, 5) is 4.03. The van der Waals surface area contributed by atoms with Gasteiger partial charge in [-0.3, -0.25) is 0 Å². The first kappa shape index (κ1) is 9.00. The highest BCUT2D eigenvalue weighted by Crippen LogP contribution is 2.48. The Morgan fingerprint density at radius 1 is 1.40 bits per heavy atom. The van der Waals surface area contributed by atoms with E-state index in [-0.39, 0.29) is 0 Å². The topological polar surface area (TPSA) is 79.6 Å². The maximum absolute atomic E-state index is 5.45. The van der Waals surface area contributed by atoms with Crippen LogP contribution < -0.4 is 11.1 Å². The molecule has 3 atom stereocenters. The van der Waals surface area contributed by atoms with Crippen LogP contribution in [0.25, 0.3) is 0 Å². The Balaban J connectivity index is 1.54. The van der Waals surface area contributed by atoms with Crippen molar-refractivity contribution in [1.82, 2.24) is 15.2 Å². The highest BCUT2D eigenvalue weighted by atomic mass is 15.3. The second kappa shape index (κ2) is 3.40. The van der Waals surface area contributed by atoms with Crippen molar-refractivity contribution in [3.05, 3.63) is 0 Å². The van der Waals surface area contributed by atoms with E-state index < -0.39 is 0 Å². The van der Waals surface area contributed by atoms with Crippen LogP contribution in [0.1, 0.15) is 25.7 Å². The Bertz CT molecular complexity index is 347. The van der Waals surface area contributed by atoms with Crippen LogP contribution in [0.4, 0.5) is 11.9 Å². The second-order valence-corrected chi connectivity index (χ2v) is 4.86. The highest BCUT2D eigenvalue weighted by Gasteiger charge is 2.39. The number of rotatable bonds is 3. The third-order valence-electron chi connectivity index (χ3n) is 3.91. The van der Waals surface area contributed by atoms with Crippen molar-refractivity contribution in [2.75, 3.05) is 17.6 Å². The van der Waals surface area contributed by atoms with Crippen molar-refractivity contribution in [3.8, 4) is 0 Å². The van der Waals surface area contributed by atoms with Crippen molar-refractivity contribution in [2.45, 2.75) is 25.7 Å². The van der Waals surface area contributed by atoms with Gasteiger partial charge in [-0.2, -0.15) is 4.98 Å². The molecule has 3 unspecified atom stereocenters. The maximum Gasteiger partial charge on any atom is 0.243 e. The predicted octanol–water partition coefficient (Wildman–Crippen LogP) is 1.23. The number of nitrogens with two attached hydrogens (primary N) is 1. The minimum absolute atomic E-state index is 0.380. The molecule has 1 heterocycles. The van der Waals surface area contributed by atoms with Gasteiger partial charge in [0.25, 0.3) is 0 Å². The van der Waals surface area contributed by atoms with Crippen LogP contribution in [0.3, 0.4) is 0 Å². The molecule has 2 saturated carbocycles. The molecule has 2 aliphatic carbocycles. The number of anilines is 2. The second-order valence-electron chi connectivity index (χ2n) is 4.86. The van der Waals surface area contributed by atoms with Crippen LogP contribution in [0.15, 0.2) is 0 Å². The lowest BCUT2D eigenvalue weighted by Crippen LogP contribution is -2.20. The van der Waals surface area contributed by atoms with Gasteiger partial charge in [0.05, 0.1) is 0 Å². The monoisotopic (exact) mass is 207 g/mol. The molecule has 0 radical (unpaired) electrons. The van der Waals surface area contributed by atoms with E-state index in [0.29, 0.717) is 11.9 Å². The number of aromatic nitrogens is 3. The minimum Gasteiger partial charge on any atom is -0.368 e. The molecule has 15 heavy (non-hydrogen) atoms. The summed E-state index contributed by atoms with van der Waals surface area (Å²) >= 11 is 0. The van der Waals surface area contributed by atoms with Gasteiger partial charge in [0.15, 0.2) is 0 Å². The van der Waals surface area contributed by atoms with E-state index in [9.17, 15) is 0 Å². The largest absolute Gasteiger partial charge is 0.368 e. The third kappa shape index (κ3) is 1.66. The van der Waals surface area contributed by atoms with Crippen molar-refractivity contribution < 1.29 is 0 Å². The summed E-state index contributed by atoms with van der Waals surface area (Å²) in [6, 6.07) is 0. The molecule has 3 rings (SSSR count). The molecule has 0 amide bonds. The highest BCUT2D eigenvalue weighted by molar-refractivity contribution is 5.29. The molecule has 2 fully saturated rings. The summed E-state index contributed by atoms with van der Waals surface area (Å²) in [5.41, 5.74) is 5.45. The van der Waals surface area contributed by atoms with E-state index in [1.807, 2.05) is 0 Å². The molecule has 5 heteroatoms. The van der Waals surface area contributed by atoms with Crippen molar-refractivity contribution in [2.24, 2.45) is 17.8 Å². The molecule has 2 bridgehead atoms. The smallest absolute Gasteiger partial charge is 0.243 e. The van der Waals surface area contributed by atoms with Crippen molar-refractivity contribution >= 4 is 11.9 Å². The van der Waals surface area contributed by atoms with E-state index in [2.05, 4.69) is 20.5 Å². The summed E-state index contributed by atoms with van der Waals surface area (Å²) in [5, 5.41) is 9.86. The van der Waals surface area contributed by atoms with Crippen LogP contribution in [0, 0.1) is 17.8 Å². The number of hydrogen-bond donors (Lipinski definition) is 3. The van der Waals surface area contributed by atoms with Gasteiger partial charge in [-0.15, -0.1) is 5.10 Å². The molecule has 1 aromatic heterocycles. The van der Waals surface area contributed by atoms with Crippen LogP contribution >= 0.6 is 0 Å². The molecule has 0 saturated heterocycles. The Labute approximate surface area is 88.8 Å². The first-order valence-electron chi connectivity index (χ1n) is 5.73. The van der Waals surface area contributed by atoms with Gasteiger partial charge in [-0.1, -0.05) is 6.42 Å². The van der Waals surface area contributed by atoms with E-state index in [4.69, 9.17) is 5.73 Å². The summed E-state index contributed by atoms with van der Waals surface area (Å²) < 4.78 is 0. The fraction of sp³-hybridized carbons (Fsp3) is 0.800. The SMILES string of the molecule is Nc1nc(NCC2CC3CCC2C3)n[nH]1. The van der Waals surface area contributed by atoms with Gasteiger partial charge < -0.3 is 11.1 Å². The van der Waals surface area contributed by atoms with Crippen LogP contribution in [-0.4, -0.2) is 21.7 Å². The van der Waals surface area contributed by atoms with E-state index >= 15 is 0 Å². The number of fused-ring (bicyclic) bond motifs is 2. The fourth-order valence-electron chi connectivity index (χ4n) is 3.20. The molecular weight excluding hydrogens is 190 g/mol. The van der Waals surface area contributed by atoms with Crippen LogP contribution in [0.5, 0.6) is 0 Å². The Kier molecular flexibility index (Phi) is 2.04. The van der Waals surface area contributed by atoms with Crippen LogP contribution in [0.2, 0.25) is 0 Å². The zero-order valence-corrected chi connectivity index (χ0v) is 8.74. The van der Waals surface area contributed by atoms with Crippen LogP contribution in [-0.2, 0) is 0 Å². The predicted molar refractivity (Wildman–Crippen MR) is 58.2 cm³/mol. The van der Waals surface area contributed by atoms with E-state index in [1.54, 1.807) is 0 Å². The number of nitrogens with zero attached hydrogens (tertiary/aromatic N) is 2. The lowest BCUT2D eigenvalue weighted by Gasteiger charge is -2.21. The van der Waals surface area contributed by atoms with Crippen molar-refractivity contribution in [1.29, 1.82) is 0 Å². The average molecular weight is 207 g/mol. The summed E-state index contributed by atoms with van der Waals surface area (Å²) in [6.07, 6.45) is 5.71. The van der Waals surface area contributed by atoms with Gasteiger partial charge in [0.1, 0.15) is 0 Å². The van der Waals surface area contributed by atoms with Gasteiger partial charge in [-0.25, -0.2) is 5.10 Å². The minimum atomic E-state index is 0.380. The summed E-state index contributed by atoms with van der Waals surface area (Å²) in [6.45, 7) is 0.998. The first-order chi connectivity index (χ1) is 7.31. The molecule has 1 aromatic rings. The summed E-state index contributed by atoms with van der Waals surface area (Å²) in [5.74, 6) is 3.78. The Hall–Kier alpha value is -1.26. The molecule has 5 nitrogen and oxygen atoms in total. The van der Waals surface area contributed by atoms with Gasteiger partial charge in [-0.05, 0) is 37.0 Å². The number of nitrogens with one attached hydrogen (secondary N) is 2. The Morgan fingerprint density at radius 2 is 2.33 bits per heavy atom. The molecular formula is C10H17N5. The Morgan fingerprint density at radius 3 is 2.93 bits per heavy atom. The molecule has 2 aliphatic rings.